The Labute approximate surface area is 109 Å². The first-order valence-electron chi connectivity index (χ1n) is 5.79. The van der Waals surface area contributed by atoms with Gasteiger partial charge >= 0.3 is 0 Å². The van der Waals surface area contributed by atoms with Gasteiger partial charge in [-0.2, -0.15) is 0 Å². The average Bonchev–Trinajstić information content (AvgIpc) is 2.76. The van der Waals surface area contributed by atoms with Crippen LogP contribution in [0, 0.1) is 0 Å². The van der Waals surface area contributed by atoms with Crippen molar-refractivity contribution in [3.05, 3.63) is 23.7 Å². The second-order valence-electron chi connectivity index (χ2n) is 3.80. The smallest absolute Gasteiger partial charge is 0.257 e. The number of halogens is 1. The molecule has 1 heterocycles. The van der Waals surface area contributed by atoms with Crippen LogP contribution >= 0.6 is 12.4 Å². The lowest BCUT2D eigenvalue weighted by atomic mass is 10.2. The number of hydrogen-bond donors (Lipinski definition) is 1. The lowest BCUT2D eigenvalue weighted by Crippen LogP contribution is -2.32. The third-order valence-electron chi connectivity index (χ3n) is 2.38. The SMILES string of the molecule is CCCN(CCC)C(=O)c1coc(CN)c1.Cl. The molecule has 1 amide bonds. The molecular weight excluding hydrogens is 240 g/mol. The van der Waals surface area contributed by atoms with E-state index in [-0.39, 0.29) is 18.3 Å². The quantitative estimate of drug-likeness (QED) is 0.855. The molecular formula is C12H21ClN2O2. The third-order valence-corrected chi connectivity index (χ3v) is 2.38. The van der Waals surface area contributed by atoms with Crippen LogP contribution in [0.3, 0.4) is 0 Å². The summed E-state index contributed by atoms with van der Waals surface area (Å²) in [7, 11) is 0. The van der Waals surface area contributed by atoms with Gasteiger partial charge in [0, 0.05) is 13.1 Å². The predicted molar refractivity (Wildman–Crippen MR) is 70.3 cm³/mol. The van der Waals surface area contributed by atoms with Gasteiger partial charge in [-0.25, -0.2) is 0 Å². The van der Waals surface area contributed by atoms with Crippen molar-refractivity contribution in [1.29, 1.82) is 0 Å². The van der Waals surface area contributed by atoms with Gasteiger partial charge in [-0.15, -0.1) is 12.4 Å². The van der Waals surface area contributed by atoms with Crippen molar-refractivity contribution in [1.82, 2.24) is 4.90 Å². The highest BCUT2D eigenvalue weighted by Gasteiger charge is 2.16. The molecule has 0 saturated carbocycles. The highest BCUT2D eigenvalue weighted by molar-refractivity contribution is 5.94. The Balaban J connectivity index is 0.00000256. The van der Waals surface area contributed by atoms with E-state index in [2.05, 4.69) is 13.8 Å². The molecule has 0 radical (unpaired) electrons. The van der Waals surface area contributed by atoms with Gasteiger partial charge in [-0.1, -0.05) is 13.8 Å². The summed E-state index contributed by atoms with van der Waals surface area (Å²) in [5.74, 6) is 0.684. The first kappa shape index (κ1) is 16.0. The van der Waals surface area contributed by atoms with Gasteiger partial charge < -0.3 is 15.1 Å². The molecule has 1 aromatic heterocycles. The number of carbonyl (C=O) groups is 1. The highest BCUT2D eigenvalue weighted by atomic mass is 35.5. The number of furan rings is 1. The summed E-state index contributed by atoms with van der Waals surface area (Å²) < 4.78 is 5.17. The van der Waals surface area contributed by atoms with E-state index in [1.807, 2.05) is 4.90 Å². The number of carbonyl (C=O) groups excluding carboxylic acids is 1. The zero-order valence-electron chi connectivity index (χ0n) is 10.4. The Morgan fingerprint density at radius 3 is 2.35 bits per heavy atom. The first-order chi connectivity index (χ1) is 7.72. The van der Waals surface area contributed by atoms with Crippen LogP contribution in [0.4, 0.5) is 0 Å². The van der Waals surface area contributed by atoms with E-state index in [1.165, 1.54) is 6.26 Å². The van der Waals surface area contributed by atoms with Gasteiger partial charge in [0.15, 0.2) is 0 Å². The number of amides is 1. The maximum absolute atomic E-state index is 12.1. The van der Waals surface area contributed by atoms with Crippen LogP contribution in [0.1, 0.15) is 42.8 Å². The van der Waals surface area contributed by atoms with Gasteiger partial charge in [0.25, 0.3) is 5.91 Å². The summed E-state index contributed by atoms with van der Waals surface area (Å²) in [6, 6.07) is 1.72. The lowest BCUT2D eigenvalue weighted by Gasteiger charge is -2.20. The molecule has 0 saturated heterocycles. The van der Waals surface area contributed by atoms with Crippen molar-refractivity contribution >= 4 is 18.3 Å². The van der Waals surface area contributed by atoms with Crippen LogP contribution in [-0.4, -0.2) is 23.9 Å². The molecule has 0 bridgehead atoms. The molecule has 0 aliphatic rings. The number of nitrogens with zero attached hydrogens (tertiary/aromatic N) is 1. The molecule has 0 spiro atoms. The van der Waals surface area contributed by atoms with Crippen molar-refractivity contribution in [2.75, 3.05) is 13.1 Å². The van der Waals surface area contributed by atoms with E-state index in [4.69, 9.17) is 10.2 Å². The molecule has 4 nitrogen and oxygen atoms in total. The maximum Gasteiger partial charge on any atom is 0.257 e. The van der Waals surface area contributed by atoms with Crippen LogP contribution in [0.25, 0.3) is 0 Å². The Kier molecular flexibility index (Phi) is 7.66. The van der Waals surface area contributed by atoms with Crippen LogP contribution in [-0.2, 0) is 6.54 Å². The van der Waals surface area contributed by atoms with Crippen molar-refractivity contribution < 1.29 is 9.21 Å². The van der Waals surface area contributed by atoms with E-state index in [1.54, 1.807) is 6.07 Å². The van der Waals surface area contributed by atoms with Gasteiger partial charge in [-0.05, 0) is 18.9 Å². The zero-order chi connectivity index (χ0) is 12.0. The minimum Gasteiger partial charge on any atom is -0.467 e. The summed E-state index contributed by atoms with van der Waals surface area (Å²) >= 11 is 0. The van der Waals surface area contributed by atoms with Gasteiger partial charge in [0.05, 0.1) is 12.1 Å². The lowest BCUT2D eigenvalue weighted by molar-refractivity contribution is 0.0755. The minimum absolute atomic E-state index is 0. The van der Waals surface area contributed by atoms with Crippen molar-refractivity contribution in [3.8, 4) is 0 Å². The van der Waals surface area contributed by atoms with Gasteiger partial charge in [0.2, 0.25) is 0 Å². The highest BCUT2D eigenvalue weighted by Crippen LogP contribution is 2.11. The fraction of sp³-hybridized carbons (Fsp3) is 0.583. The monoisotopic (exact) mass is 260 g/mol. The first-order valence-corrected chi connectivity index (χ1v) is 5.79. The molecule has 0 atom stereocenters. The molecule has 0 aromatic carbocycles. The number of nitrogens with two attached hydrogens (primary N) is 1. The van der Waals surface area contributed by atoms with E-state index >= 15 is 0 Å². The van der Waals surface area contributed by atoms with Gasteiger partial charge in [-0.3, -0.25) is 4.79 Å². The molecule has 1 aromatic rings. The standard InChI is InChI=1S/C12H20N2O2.ClH/c1-3-5-14(6-4-2)12(15)10-7-11(8-13)16-9-10;/h7,9H,3-6,8,13H2,1-2H3;1H. The van der Waals surface area contributed by atoms with Gasteiger partial charge in [0.1, 0.15) is 12.0 Å². The summed E-state index contributed by atoms with van der Waals surface area (Å²) in [4.78, 5) is 13.9. The number of hydrogen-bond acceptors (Lipinski definition) is 3. The summed E-state index contributed by atoms with van der Waals surface area (Å²) in [5, 5.41) is 0. The average molecular weight is 261 g/mol. The summed E-state index contributed by atoms with van der Waals surface area (Å²) in [6.07, 6.45) is 3.42. The Hall–Kier alpha value is -1.00. The molecule has 0 aliphatic heterocycles. The minimum atomic E-state index is 0. The normalized spacial score (nSPS) is 9.82. The third kappa shape index (κ3) is 4.40. The van der Waals surface area contributed by atoms with Crippen LogP contribution < -0.4 is 5.73 Å². The fourth-order valence-electron chi connectivity index (χ4n) is 1.64. The summed E-state index contributed by atoms with van der Waals surface area (Å²) in [6.45, 7) is 6.04. The fourth-order valence-corrected chi connectivity index (χ4v) is 1.64. The van der Waals surface area contributed by atoms with Crippen LogP contribution in [0.2, 0.25) is 0 Å². The molecule has 0 aliphatic carbocycles. The topological polar surface area (TPSA) is 59.5 Å². The Morgan fingerprint density at radius 2 is 1.94 bits per heavy atom. The predicted octanol–water partition coefficient (Wildman–Crippen LogP) is 2.42. The van der Waals surface area contributed by atoms with Crippen molar-refractivity contribution in [3.63, 3.8) is 0 Å². The second-order valence-corrected chi connectivity index (χ2v) is 3.80. The molecule has 1 rings (SSSR count). The molecule has 5 heteroatoms. The van der Waals surface area contributed by atoms with E-state index in [0.29, 0.717) is 17.9 Å². The summed E-state index contributed by atoms with van der Waals surface area (Å²) in [5.41, 5.74) is 6.04. The second kappa shape index (κ2) is 8.14. The van der Waals surface area contributed by atoms with Crippen molar-refractivity contribution in [2.45, 2.75) is 33.2 Å². The molecule has 0 fully saturated rings. The maximum atomic E-state index is 12.1. The largest absolute Gasteiger partial charge is 0.467 e. The Morgan fingerprint density at radius 1 is 1.35 bits per heavy atom. The van der Waals surface area contributed by atoms with Crippen LogP contribution in [0.15, 0.2) is 16.7 Å². The van der Waals surface area contributed by atoms with Crippen molar-refractivity contribution in [2.24, 2.45) is 5.73 Å². The van der Waals surface area contributed by atoms with E-state index < -0.39 is 0 Å². The molecule has 0 unspecified atom stereocenters. The zero-order valence-corrected chi connectivity index (χ0v) is 11.3. The Bertz CT molecular complexity index is 333. The molecule has 17 heavy (non-hydrogen) atoms. The molecule has 98 valence electrons. The van der Waals surface area contributed by atoms with E-state index in [0.717, 1.165) is 25.9 Å². The number of rotatable bonds is 6. The van der Waals surface area contributed by atoms with Crippen LogP contribution in [0.5, 0.6) is 0 Å². The van der Waals surface area contributed by atoms with E-state index in [9.17, 15) is 4.79 Å². The molecule has 2 N–H and O–H groups in total.